The first-order valence-corrected chi connectivity index (χ1v) is 5.91. The van der Waals surface area contributed by atoms with Crippen molar-refractivity contribution in [2.24, 2.45) is 17.6 Å². The van der Waals surface area contributed by atoms with Crippen LogP contribution in [0.3, 0.4) is 0 Å². The molecule has 0 aromatic rings. The van der Waals surface area contributed by atoms with Crippen LogP contribution in [-0.2, 0) is 0 Å². The van der Waals surface area contributed by atoms with Crippen LogP contribution in [0.2, 0.25) is 0 Å². The van der Waals surface area contributed by atoms with Gasteiger partial charge in [0.15, 0.2) is 0 Å². The second-order valence-corrected chi connectivity index (χ2v) is 5.41. The van der Waals surface area contributed by atoms with Crippen molar-refractivity contribution in [1.29, 1.82) is 0 Å². The number of aliphatic hydroxyl groups excluding tert-OH is 1. The van der Waals surface area contributed by atoms with Crippen LogP contribution < -0.4 is 5.73 Å². The van der Waals surface area contributed by atoms with E-state index in [0.717, 1.165) is 24.9 Å². The van der Waals surface area contributed by atoms with Gasteiger partial charge in [-0.05, 0) is 31.6 Å². The monoisotopic (exact) mass is 196 g/mol. The maximum absolute atomic E-state index is 9.79. The lowest BCUT2D eigenvalue weighted by Crippen LogP contribution is -2.50. The van der Waals surface area contributed by atoms with E-state index in [9.17, 15) is 5.11 Å². The fourth-order valence-electron chi connectivity index (χ4n) is 3.50. The lowest BCUT2D eigenvalue weighted by molar-refractivity contribution is 0.0956. The molecule has 14 heavy (non-hydrogen) atoms. The van der Waals surface area contributed by atoms with Gasteiger partial charge in [-0.15, -0.1) is 0 Å². The summed E-state index contributed by atoms with van der Waals surface area (Å²) < 4.78 is 0. The summed E-state index contributed by atoms with van der Waals surface area (Å²) in [5.41, 5.74) is 5.80. The highest BCUT2D eigenvalue weighted by Gasteiger charge is 2.45. The van der Waals surface area contributed by atoms with Crippen molar-refractivity contribution in [3.8, 4) is 0 Å². The number of likely N-dealkylation sites (tertiary alicyclic amines) is 1. The molecule has 1 aliphatic heterocycles. The predicted octanol–water partition coefficient (Wildman–Crippen LogP) is 0.179. The minimum atomic E-state index is -0.0150. The van der Waals surface area contributed by atoms with Gasteiger partial charge in [0.1, 0.15) is 0 Å². The Bertz CT molecular complexity index is 227. The molecule has 0 aromatic heterocycles. The second-order valence-electron chi connectivity index (χ2n) is 5.41. The molecule has 3 nitrogen and oxygen atoms in total. The molecule has 0 aromatic carbocycles. The fourth-order valence-corrected chi connectivity index (χ4v) is 3.50. The molecule has 3 atom stereocenters. The van der Waals surface area contributed by atoms with Gasteiger partial charge in [0.05, 0.1) is 6.10 Å². The normalized spacial score (nSPS) is 53.1. The number of nitrogens with two attached hydrogens (primary N) is 1. The van der Waals surface area contributed by atoms with E-state index in [1.54, 1.807) is 0 Å². The summed E-state index contributed by atoms with van der Waals surface area (Å²) in [7, 11) is 0. The molecule has 0 amide bonds. The third kappa shape index (κ3) is 1.30. The summed E-state index contributed by atoms with van der Waals surface area (Å²) in [6, 6.07) is 1.19. The Morgan fingerprint density at radius 2 is 1.93 bits per heavy atom. The van der Waals surface area contributed by atoms with Crippen molar-refractivity contribution in [2.45, 2.75) is 43.9 Å². The molecule has 3 N–H and O–H groups in total. The molecule has 1 saturated heterocycles. The molecule has 80 valence electrons. The molecule has 3 aliphatic rings. The first kappa shape index (κ1) is 9.13. The third-order valence-electron chi connectivity index (χ3n) is 4.51. The number of aliphatic hydroxyl groups is 1. The van der Waals surface area contributed by atoms with Gasteiger partial charge in [-0.2, -0.15) is 0 Å². The standard InChI is InChI=1S/C11H20N2O/c12-8-3-9(4-8)13-5-7-1-2-11(14)10(7)6-13/h7-11,14H,1-6,12H2. The van der Waals surface area contributed by atoms with E-state index in [-0.39, 0.29) is 6.10 Å². The summed E-state index contributed by atoms with van der Waals surface area (Å²) >= 11 is 0. The Kier molecular flexibility index (Phi) is 2.08. The van der Waals surface area contributed by atoms with Crippen molar-refractivity contribution in [3.05, 3.63) is 0 Å². The SMILES string of the molecule is NC1CC(N2CC3CCC(O)C3C2)C1. The van der Waals surface area contributed by atoms with Gasteiger partial charge in [-0.3, -0.25) is 4.90 Å². The Morgan fingerprint density at radius 1 is 1.14 bits per heavy atom. The van der Waals surface area contributed by atoms with E-state index >= 15 is 0 Å². The zero-order valence-corrected chi connectivity index (χ0v) is 8.60. The fraction of sp³-hybridized carbons (Fsp3) is 1.00. The number of nitrogens with zero attached hydrogens (tertiary/aromatic N) is 1. The molecular formula is C11H20N2O. The summed E-state index contributed by atoms with van der Waals surface area (Å²) in [5.74, 6) is 1.36. The molecule has 3 unspecified atom stereocenters. The molecule has 3 heteroatoms. The van der Waals surface area contributed by atoms with Gasteiger partial charge >= 0.3 is 0 Å². The van der Waals surface area contributed by atoms with Crippen molar-refractivity contribution in [1.82, 2.24) is 4.90 Å². The molecule has 3 rings (SSSR count). The summed E-state index contributed by atoms with van der Waals surface area (Å²) in [6.45, 7) is 2.35. The predicted molar refractivity (Wildman–Crippen MR) is 54.8 cm³/mol. The van der Waals surface area contributed by atoms with Crippen LogP contribution in [0.4, 0.5) is 0 Å². The first-order valence-electron chi connectivity index (χ1n) is 5.91. The molecule has 0 radical (unpaired) electrons. The molecular weight excluding hydrogens is 176 g/mol. The van der Waals surface area contributed by atoms with Gasteiger partial charge < -0.3 is 10.8 Å². The Morgan fingerprint density at radius 3 is 2.57 bits per heavy atom. The smallest absolute Gasteiger partial charge is 0.0583 e. The first-order chi connectivity index (χ1) is 6.74. The van der Waals surface area contributed by atoms with E-state index < -0.39 is 0 Å². The molecule has 3 fully saturated rings. The summed E-state index contributed by atoms with van der Waals surface area (Å²) in [6.07, 6.45) is 4.61. The third-order valence-corrected chi connectivity index (χ3v) is 4.51. The highest BCUT2D eigenvalue weighted by Crippen LogP contribution is 2.41. The molecule has 0 bridgehead atoms. The second kappa shape index (κ2) is 3.19. The van der Waals surface area contributed by atoms with Gasteiger partial charge in [-0.25, -0.2) is 0 Å². The number of hydrogen-bond acceptors (Lipinski definition) is 3. The van der Waals surface area contributed by atoms with Crippen LogP contribution in [0.5, 0.6) is 0 Å². The Balaban J connectivity index is 1.60. The molecule has 2 saturated carbocycles. The Hall–Kier alpha value is -0.120. The molecule has 1 heterocycles. The number of hydrogen-bond donors (Lipinski definition) is 2. The summed E-state index contributed by atoms with van der Waals surface area (Å²) in [5, 5.41) is 9.79. The average Bonchev–Trinajstić information content (AvgIpc) is 2.63. The quantitative estimate of drug-likeness (QED) is 0.629. The van der Waals surface area contributed by atoms with Gasteiger partial charge in [0.25, 0.3) is 0 Å². The van der Waals surface area contributed by atoms with Crippen LogP contribution >= 0.6 is 0 Å². The van der Waals surface area contributed by atoms with Crippen LogP contribution in [-0.4, -0.2) is 41.3 Å². The summed E-state index contributed by atoms with van der Waals surface area (Å²) in [4.78, 5) is 2.57. The van der Waals surface area contributed by atoms with Crippen molar-refractivity contribution in [2.75, 3.05) is 13.1 Å². The number of fused-ring (bicyclic) bond motifs is 1. The maximum atomic E-state index is 9.79. The Labute approximate surface area is 85.3 Å². The van der Waals surface area contributed by atoms with E-state index in [2.05, 4.69) is 4.90 Å². The van der Waals surface area contributed by atoms with E-state index in [0.29, 0.717) is 12.0 Å². The van der Waals surface area contributed by atoms with Gasteiger partial charge in [-0.1, -0.05) is 0 Å². The van der Waals surface area contributed by atoms with Crippen molar-refractivity contribution in [3.63, 3.8) is 0 Å². The maximum Gasteiger partial charge on any atom is 0.0583 e. The minimum Gasteiger partial charge on any atom is -0.393 e. The zero-order valence-electron chi connectivity index (χ0n) is 8.60. The largest absolute Gasteiger partial charge is 0.393 e. The van der Waals surface area contributed by atoms with Crippen LogP contribution in [0, 0.1) is 11.8 Å². The van der Waals surface area contributed by atoms with Crippen LogP contribution in [0.1, 0.15) is 25.7 Å². The van der Waals surface area contributed by atoms with E-state index in [1.165, 1.54) is 25.8 Å². The molecule has 0 spiro atoms. The lowest BCUT2D eigenvalue weighted by atomic mass is 9.86. The average molecular weight is 196 g/mol. The highest BCUT2D eigenvalue weighted by molar-refractivity contribution is 4.99. The van der Waals surface area contributed by atoms with Gasteiger partial charge in [0.2, 0.25) is 0 Å². The van der Waals surface area contributed by atoms with Crippen molar-refractivity contribution < 1.29 is 5.11 Å². The topological polar surface area (TPSA) is 49.5 Å². The van der Waals surface area contributed by atoms with E-state index in [1.807, 2.05) is 0 Å². The molecule has 2 aliphatic carbocycles. The highest BCUT2D eigenvalue weighted by atomic mass is 16.3. The number of rotatable bonds is 1. The van der Waals surface area contributed by atoms with Crippen LogP contribution in [0.15, 0.2) is 0 Å². The van der Waals surface area contributed by atoms with Crippen molar-refractivity contribution >= 4 is 0 Å². The van der Waals surface area contributed by atoms with Crippen LogP contribution in [0.25, 0.3) is 0 Å². The van der Waals surface area contributed by atoms with E-state index in [4.69, 9.17) is 5.73 Å². The lowest BCUT2D eigenvalue weighted by Gasteiger charge is -2.39. The van der Waals surface area contributed by atoms with Gasteiger partial charge in [0, 0.05) is 31.1 Å². The zero-order chi connectivity index (χ0) is 9.71. The minimum absolute atomic E-state index is 0.0150.